The van der Waals surface area contributed by atoms with Gasteiger partial charge < -0.3 is 15.8 Å². The Hall–Kier alpha value is -2.76. The Morgan fingerprint density at radius 2 is 2.11 bits per heavy atom. The number of anilines is 1. The summed E-state index contributed by atoms with van der Waals surface area (Å²) in [7, 11) is 0. The van der Waals surface area contributed by atoms with Gasteiger partial charge in [0.15, 0.2) is 5.69 Å². The predicted octanol–water partition coefficient (Wildman–Crippen LogP) is 1.84. The van der Waals surface area contributed by atoms with Gasteiger partial charge in [-0.05, 0) is 12.1 Å². The van der Waals surface area contributed by atoms with Gasteiger partial charge in [-0.1, -0.05) is 18.2 Å². The lowest BCUT2D eigenvalue weighted by molar-refractivity contribution is 0.0691. The fourth-order valence-electron chi connectivity index (χ4n) is 1.92. The van der Waals surface area contributed by atoms with Crippen LogP contribution < -0.4 is 5.73 Å². The van der Waals surface area contributed by atoms with Gasteiger partial charge in [0.1, 0.15) is 5.69 Å². The quantitative estimate of drug-likeness (QED) is 0.549. The third-order valence-electron chi connectivity index (χ3n) is 2.80. The molecule has 0 aliphatic carbocycles. The minimum Gasteiger partial charge on any atom is -0.476 e. The van der Waals surface area contributed by atoms with Crippen LogP contribution in [0.2, 0.25) is 0 Å². The third-order valence-corrected chi connectivity index (χ3v) is 2.80. The van der Waals surface area contributed by atoms with Crippen molar-refractivity contribution in [2.24, 2.45) is 0 Å². The topological polar surface area (TPSA) is 108 Å². The van der Waals surface area contributed by atoms with Crippen LogP contribution in [0.5, 0.6) is 0 Å². The number of aromatic nitrogens is 3. The van der Waals surface area contributed by atoms with Crippen LogP contribution in [-0.4, -0.2) is 26.3 Å². The number of nitrogen functional groups attached to an aromatic ring is 1. The maximum absolute atomic E-state index is 10.9. The summed E-state index contributed by atoms with van der Waals surface area (Å²) in [6.45, 7) is 0. The van der Waals surface area contributed by atoms with Gasteiger partial charge >= 0.3 is 5.97 Å². The van der Waals surface area contributed by atoms with Crippen LogP contribution in [0.1, 0.15) is 10.5 Å². The minimum atomic E-state index is -1.12. The van der Waals surface area contributed by atoms with Crippen LogP contribution in [0.25, 0.3) is 22.3 Å². The van der Waals surface area contributed by atoms with Gasteiger partial charge in [-0.2, -0.15) is 5.10 Å². The molecule has 90 valence electrons. The van der Waals surface area contributed by atoms with E-state index >= 15 is 0 Å². The zero-order chi connectivity index (χ0) is 12.7. The monoisotopic (exact) mass is 242 g/mol. The minimum absolute atomic E-state index is 0.0938. The van der Waals surface area contributed by atoms with Crippen LogP contribution in [0.3, 0.4) is 0 Å². The van der Waals surface area contributed by atoms with Gasteiger partial charge in [0.25, 0.3) is 0 Å². The van der Waals surface area contributed by atoms with Crippen molar-refractivity contribution in [3.05, 3.63) is 36.0 Å². The number of carbonyl (C=O) groups is 1. The number of H-pyrrole nitrogens is 2. The number of aromatic carboxylic acids is 1. The first-order valence-corrected chi connectivity index (χ1v) is 5.32. The molecular formula is C12H10N4O2. The summed E-state index contributed by atoms with van der Waals surface area (Å²) in [5, 5.41) is 16.3. The number of hydrogen-bond acceptors (Lipinski definition) is 3. The molecule has 0 radical (unpaired) electrons. The van der Waals surface area contributed by atoms with Gasteiger partial charge in [0, 0.05) is 10.9 Å². The molecule has 0 aliphatic heterocycles. The average molecular weight is 242 g/mol. The smallest absolute Gasteiger partial charge is 0.356 e. The van der Waals surface area contributed by atoms with E-state index in [1.165, 1.54) is 0 Å². The van der Waals surface area contributed by atoms with Gasteiger partial charge in [-0.25, -0.2) is 4.79 Å². The van der Waals surface area contributed by atoms with Crippen molar-refractivity contribution in [2.75, 3.05) is 5.73 Å². The molecule has 3 rings (SSSR count). The molecule has 0 aliphatic rings. The highest BCUT2D eigenvalue weighted by molar-refractivity contribution is 5.96. The second-order valence-corrected chi connectivity index (χ2v) is 3.94. The molecule has 0 bridgehead atoms. The van der Waals surface area contributed by atoms with Crippen molar-refractivity contribution >= 4 is 22.6 Å². The van der Waals surface area contributed by atoms with E-state index in [-0.39, 0.29) is 11.4 Å². The number of para-hydroxylation sites is 1. The zero-order valence-corrected chi connectivity index (χ0v) is 9.27. The molecule has 5 N–H and O–H groups in total. The van der Waals surface area contributed by atoms with Gasteiger partial charge in [-0.15, -0.1) is 0 Å². The first-order chi connectivity index (χ1) is 8.66. The van der Waals surface area contributed by atoms with Crippen LogP contribution >= 0.6 is 0 Å². The number of hydrogen-bond donors (Lipinski definition) is 4. The van der Waals surface area contributed by atoms with E-state index in [1.54, 1.807) is 0 Å². The second kappa shape index (κ2) is 3.63. The lowest BCUT2D eigenvalue weighted by Crippen LogP contribution is -2.01. The molecular weight excluding hydrogens is 232 g/mol. The maximum Gasteiger partial charge on any atom is 0.356 e. The van der Waals surface area contributed by atoms with E-state index in [0.717, 1.165) is 10.9 Å². The summed E-state index contributed by atoms with van der Waals surface area (Å²) in [5.74, 6) is -1.12. The molecule has 6 nitrogen and oxygen atoms in total. The molecule has 2 aromatic heterocycles. The number of nitrogens with two attached hydrogens (primary N) is 1. The number of carboxylic acids is 1. The summed E-state index contributed by atoms with van der Waals surface area (Å²) in [4.78, 5) is 14.0. The molecule has 3 aromatic rings. The Morgan fingerprint density at radius 3 is 2.78 bits per heavy atom. The highest BCUT2D eigenvalue weighted by atomic mass is 16.4. The first-order valence-electron chi connectivity index (χ1n) is 5.32. The molecule has 2 heterocycles. The number of nitrogens with one attached hydrogen (secondary N) is 2. The highest BCUT2D eigenvalue weighted by Crippen LogP contribution is 2.28. The van der Waals surface area contributed by atoms with Gasteiger partial charge in [0.2, 0.25) is 0 Å². The molecule has 0 spiro atoms. The summed E-state index contributed by atoms with van der Waals surface area (Å²) in [6.07, 6.45) is 0. The van der Waals surface area contributed by atoms with Crippen LogP contribution in [0.15, 0.2) is 30.3 Å². The Labute approximate surface area is 101 Å². The van der Waals surface area contributed by atoms with E-state index in [9.17, 15) is 4.79 Å². The van der Waals surface area contributed by atoms with E-state index < -0.39 is 5.97 Å². The summed E-state index contributed by atoms with van der Waals surface area (Å²) < 4.78 is 0. The Morgan fingerprint density at radius 1 is 1.33 bits per heavy atom. The molecule has 0 atom stereocenters. The Bertz CT molecular complexity index is 708. The van der Waals surface area contributed by atoms with Gasteiger partial charge in [-0.3, -0.25) is 5.10 Å². The molecule has 0 saturated carbocycles. The predicted molar refractivity (Wildman–Crippen MR) is 67.3 cm³/mol. The second-order valence-electron chi connectivity index (χ2n) is 3.94. The van der Waals surface area contributed by atoms with Crippen molar-refractivity contribution in [1.82, 2.24) is 15.2 Å². The number of nitrogens with zero attached hydrogens (tertiary/aromatic N) is 1. The van der Waals surface area contributed by atoms with E-state index in [2.05, 4.69) is 15.2 Å². The van der Waals surface area contributed by atoms with Crippen LogP contribution in [-0.2, 0) is 0 Å². The largest absolute Gasteiger partial charge is 0.476 e. The van der Waals surface area contributed by atoms with E-state index in [0.29, 0.717) is 11.4 Å². The molecule has 1 aromatic carbocycles. The normalized spacial score (nSPS) is 10.9. The number of fused-ring (bicyclic) bond motifs is 1. The fraction of sp³-hybridized carbons (Fsp3) is 0. The standard InChI is InChI=1S/C12H10N4O2/c13-9-10(15-16-11(9)12(17)18)8-5-6-3-1-2-4-7(6)14-8/h1-5,14H,13H2,(H,15,16)(H,17,18). The summed E-state index contributed by atoms with van der Waals surface area (Å²) >= 11 is 0. The molecule has 0 fully saturated rings. The fourth-order valence-corrected chi connectivity index (χ4v) is 1.92. The molecule has 0 unspecified atom stereocenters. The number of carboxylic acid groups (broad SMARTS) is 1. The molecule has 6 heteroatoms. The Balaban J connectivity index is 2.17. The first kappa shape index (κ1) is 10.4. The summed E-state index contributed by atoms with van der Waals surface area (Å²) in [5.41, 5.74) is 7.87. The third kappa shape index (κ3) is 1.43. The van der Waals surface area contributed by atoms with Crippen LogP contribution in [0.4, 0.5) is 5.69 Å². The van der Waals surface area contributed by atoms with Crippen LogP contribution in [0, 0.1) is 0 Å². The van der Waals surface area contributed by atoms with Crippen molar-refractivity contribution in [1.29, 1.82) is 0 Å². The SMILES string of the molecule is Nc1c(-c2cc3ccccc3[nH]2)n[nH]c1C(=O)O. The van der Waals surface area contributed by atoms with Crippen molar-refractivity contribution < 1.29 is 9.90 Å². The molecule has 0 saturated heterocycles. The number of aromatic amines is 2. The lowest BCUT2D eigenvalue weighted by Gasteiger charge is -1.94. The van der Waals surface area contributed by atoms with Gasteiger partial charge in [0.05, 0.1) is 11.4 Å². The van der Waals surface area contributed by atoms with E-state index in [4.69, 9.17) is 10.8 Å². The highest BCUT2D eigenvalue weighted by Gasteiger charge is 2.18. The van der Waals surface area contributed by atoms with E-state index in [1.807, 2.05) is 30.3 Å². The molecule has 0 amide bonds. The lowest BCUT2D eigenvalue weighted by atomic mass is 10.2. The Kier molecular flexibility index (Phi) is 2.09. The number of rotatable bonds is 2. The summed E-state index contributed by atoms with van der Waals surface area (Å²) in [6, 6.07) is 9.61. The van der Waals surface area contributed by atoms with Crippen molar-refractivity contribution in [2.45, 2.75) is 0 Å². The average Bonchev–Trinajstić information content (AvgIpc) is 2.91. The van der Waals surface area contributed by atoms with Crippen molar-refractivity contribution in [3.8, 4) is 11.4 Å². The number of benzene rings is 1. The maximum atomic E-state index is 10.9. The zero-order valence-electron chi connectivity index (χ0n) is 9.27. The molecule has 18 heavy (non-hydrogen) atoms. The van der Waals surface area contributed by atoms with Crippen molar-refractivity contribution in [3.63, 3.8) is 0 Å².